The van der Waals surface area contributed by atoms with E-state index in [9.17, 15) is 0 Å². The number of aryl methyl sites for hydroxylation is 1. The van der Waals surface area contributed by atoms with Crippen molar-refractivity contribution in [1.82, 2.24) is 9.55 Å². The van der Waals surface area contributed by atoms with Crippen LogP contribution in [0.3, 0.4) is 0 Å². The Kier molecular flexibility index (Phi) is 3.26. The number of methoxy groups -OCH3 is 1. The van der Waals surface area contributed by atoms with Crippen LogP contribution in [0, 0.1) is 4.77 Å². The van der Waals surface area contributed by atoms with Crippen LogP contribution in [0.4, 0.5) is 0 Å². The van der Waals surface area contributed by atoms with E-state index in [2.05, 4.69) is 16.5 Å². The molecule has 1 N–H and O–H groups in total. The summed E-state index contributed by atoms with van der Waals surface area (Å²) in [6, 6.07) is 0.434. The van der Waals surface area contributed by atoms with Gasteiger partial charge < -0.3 is 14.3 Å². The van der Waals surface area contributed by atoms with Crippen molar-refractivity contribution in [2.75, 3.05) is 7.11 Å². The number of ether oxygens (including phenoxy) is 1. The van der Waals surface area contributed by atoms with Gasteiger partial charge in [0.2, 0.25) is 0 Å². The monoisotopic (exact) mass is 226 g/mol. The Labute approximate surface area is 95.5 Å². The van der Waals surface area contributed by atoms with Gasteiger partial charge >= 0.3 is 0 Å². The third-order valence-electron chi connectivity index (χ3n) is 3.30. The number of nitrogens with zero attached hydrogens (tertiary/aromatic N) is 1. The molecule has 2 atom stereocenters. The second kappa shape index (κ2) is 4.49. The summed E-state index contributed by atoms with van der Waals surface area (Å²) in [5.74, 6) is 0. The summed E-state index contributed by atoms with van der Waals surface area (Å²) in [6.45, 7) is 2.16. The average Bonchev–Trinajstić information content (AvgIpc) is 2.82. The molecule has 1 aromatic heterocycles. The Bertz CT molecular complexity index is 382. The van der Waals surface area contributed by atoms with Crippen molar-refractivity contribution in [3.63, 3.8) is 0 Å². The molecule has 0 spiro atoms. The van der Waals surface area contributed by atoms with Crippen LogP contribution >= 0.6 is 12.2 Å². The van der Waals surface area contributed by atoms with Crippen LogP contribution in [-0.4, -0.2) is 22.8 Å². The lowest BCUT2D eigenvalue weighted by molar-refractivity contribution is 0.0737. The Balaban J connectivity index is 2.35. The first kappa shape index (κ1) is 10.9. The van der Waals surface area contributed by atoms with Gasteiger partial charge in [0.15, 0.2) is 4.77 Å². The minimum atomic E-state index is 0.331. The van der Waals surface area contributed by atoms with Crippen molar-refractivity contribution in [2.45, 2.75) is 44.8 Å². The minimum Gasteiger partial charge on any atom is -0.379 e. The summed E-state index contributed by atoms with van der Waals surface area (Å²) in [5.41, 5.74) is 1.29. The summed E-state index contributed by atoms with van der Waals surface area (Å²) in [4.78, 5) is 3.13. The van der Waals surface area contributed by atoms with Crippen molar-refractivity contribution < 1.29 is 4.74 Å². The van der Waals surface area contributed by atoms with Gasteiger partial charge in [-0.25, -0.2) is 0 Å². The maximum Gasteiger partial charge on any atom is 0.177 e. The zero-order chi connectivity index (χ0) is 10.8. The molecule has 0 saturated heterocycles. The van der Waals surface area contributed by atoms with Gasteiger partial charge in [0.05, 0.1) is 12.1 Å². The normalized spacial score (nSPS) is 26.0. The smallest absolute Gasteiger partial charge is 0.177 e. The van der Waals surface area contributed by atoms with Gasteiger partial charge in [0.25, 0.3) is 0 Å². The van der Waals surface area contributed by atoms with Gasteiger partial charge in [-0.15, -0.1) is 0 Å². The number of nitrogens with one attached hydrogen (secondary N) is 1. The molecule has 1 heterocycles. The SMILES string of the molecule is CCc1c[nH]c(=S)n1C1CCCC1OC. The van der Waals surface area contributed by atoms with E-state index in [4.69, 9.17) is 17.0 Å². The predicted octanol–water partition coefficient (Wildman–Crippen LogP) is 2.85. The highest BCUT2D eigenvalue weighted by molar-refractivity contribution is 7.71. The quantitative estimate of drug-likeness (QED) is 0.803. The Hall–Kier alpha value is -0.610. The first-order valence-corrected chi connectivity index (χ1v) is 6.00. The molecule has 15 heavy (non-hydrogen) atoms. The third kappa shape index (κ3) is 1.88. The molecule has 1 saturated carbocycles. The molecular formula is C11H18N2OS. The molecule has 1 fully saturated rings. The number of hydrogen-bond donors (Lipinski definition) is 1. The first-order valence-electron chi connectivity index (χ1n) is 5.59. The van der Waals surface area contributed by atoms with Crippen LogP contribution in [0.2, 0.25) is 0 Å². The summed E-state index contributed by atoms with van der Waals surface area (Å²) in [6.07, 6.45) is 6.93. The number of aromatic amines is 1. The maximum absolute atomic E-state index is 5.52. The second-order valence-electron chi connectivity index (χ2n) is 4.08. The highest BCUT2D eigenvalue weighted by atomic mass is 32.1. The van der Waals surface area contributed by atoms with Crippen molar-refractivity contribution >= 4 is 12.2 Å². The first-order chi connectivity index (χ1) is 7.27. The number of aromatic nitrogens is 2. The molecule has 0 aromatic carbocycles. The fourth-order valence-electron chi connectivity index (χ4n) is 2.53. The summed E-state index contributed by atoms with van der Waals surface area (Å²) in [5, 5.41) is 0. The van der Waals surface area contributed by atoms with Gasteiger partial charge in [-0.3, -0.25) is 0 Å². The Morgan fingerprint density at radius 3 is 3.07 bits per heavy atom. The van der Waals surface area contributed by atoms with E-state index in [1.54, 1.807) is 7.11 Å². The molecule has 4 heteroatoms. The molecule has 1 aromatic rings. The fraction of sp³-hybridized carbons (Fsp3) is 0.727. The van der Waals surface area contributed by atoms with Gasteiger partial charge in [0, 0.05) is 19.0 Å². The van der Waals surface area contributed by atoms with E-state index >= 15 is 0 Å². The van der Waals surface area contributed by atoms with Gasteiger partial charge in [0.1, 0.15) is 0 Å². The van der Waals surface area contributed by atoms with E-state index in [-0.39, 0.29) is 0 Å². The maximum atomic E-state index is 5.52. The molecule has 2 rings (SSSR count). The number of hydrogen-bond acceptors (Lipinski definition) is 2. The third-order valence-corrected chi connectivity index (χ3v) is 3.62. The zero-order valence-corrected chi connectivity index (χ0v) is 10.1. The van der Waals surface area contributed by atoms with Gasteiger partial charge in [-0.1, -0.05) is 6.92 Å². The molecule has 84 valence electrons. The van der Waals surface area contributed by atoms with E-state index in [0.29, 0.717) is 12.1 Å². The standard InChI is InChI=1S/C11H18N2OS/c1-3-8-7-12-11(15)13(8)9-5-4-6-10(9)14-2/h7,9-10H,3-6H2,1-2H3,(H,12,15). The molecule has 0 aliphatic heterocycles. The highest BCUT2D eigenvalue weighted by Gasteiger charge is 2.29. The van der Waals surface area contributed by atoms with Crippen LogP contribution in [0.25, 0.3) is 0 Å². The molecule has 3 nitrogen and oxygen atoms in total. The lowest BCUT2D eigenvalue weighted by Gasteiger charge is -2.21. The molecule has 0 bridgehead atoms. The van der Waals surface area contributed by atoms with Crippen molar-refractivity contribution in [3.05, 3.63) is 16.7 Å². The highest BCUT2D eigenvalue weighted by Crippen LogP contribution is 2.33. The largest absolute Gasteiger partial charge is 0.379 e. The second-order valence-corrected chi connectivity index (χ2v) is 4.47. The average molecular weight is 226 g/mol. The minimum absolute atomic E-state index is 0.331. The van der Waals surface area contributed by atoms with E-state index in [1.807, 2.05) is 6.20 Å². The summed E-state index contributed by atoms with van der Waals surface area (Å²) in [7, 11) is 1.80. The van der Waals surface area contributed by atoms with Gasteiger partial charge in [-0.2, -0.15) is 0 Å². The molecule has 1 aliphatic rings. The van der Waals surface area contributed by atoms with E-state index in [0.717, 1.165) is 17.6 Å². The van der Waals surface area contributed by atoms with E-state index in [1.165, 1.54) is 18.5 Å². The van der Waals surface area contributed by atoms with Crippen molar-refractivity contribution in [3.8, 4) is 0 Å². The van der Waals surface area contributed by atoms with Crippen LogP contribution in [0.1, 0.15) is 37.9 Å². The zero-order valence-electron chi connectivity index (χ0n) is 9.32. The molecular weight excluding hydrogens is 208 g/mol. The van der Waals surface area contributed by atoms with Crippen molar-refractivity contribution in [1.29, 1.82) is 0 Å². The molecule has 0 amide bonds. The van der Waals surface area contributed by atoms with E-state index < -0.39 is 0 Å². The number of H-pyrrole nitrogens is 1. The lowest BCUT2D eigenvalue weighted by atomic mass is 10.2. The van der Waals surface area contributed by atoms with Crippen LogP contribution in [0.15, 0.2) is 6.20 Å². The predicted molar refractivity (Wildman–Crippen MR) is 62.7 cm³/mol. The van der Waals surface area contributed by atoms with Crippen LogP contribution < -0.4 is 0 Å². The van der Waals surface area contributed by atoms with Crippen molar-refractivity contribution in [2.24, 2.45) is 0 Å². The van der Waals surface area contributed by atoms with Gasteiger partial charge in [-0.05, 0) is 37.9 Å². The molecule has 2 unspecified atom stereocenters. The topological polar surface area (TPSA) is 29.9 Å². The fourth-order valence-corrected chi connectivity index (χ4v) is 2.84. The molecule has 0 radical (unpaired) electrons. The number of rotatable bonds is 3. The Morgan fingerprint density at radius 1 is 1.60 bits per heavy atom. The number of imidazole rings is 1. The lowest BCUT2D eigenvalue weighted by Crippen LogP contribution is -2.22. The summed E-state index contributed by atoms with van der Waals surface area (Å²) >= 11 is 5.33. The summed E-state index contributed by atoms with van der Waals surface area (Å²) < 4.78 is 8.60. The van der Waals surface area contributed by atoms with Crippen LogP contribution in [-0.2, 0) is 11.2 Å². The van der Waals surface area contributed by atoms with Crippen LogP contribution in [0.5, 0.6) is 0 Å². The Morgan fingerprint density at radius 2 is 2.40 bits per heavy atom. The molecule has 1 aliphatic carbocycles.